The fourth-order valence-electron chi connectivity index (χ4n) is 3.37. The Hall–Kier alpha value is -2.50. The lowest BCUT2D eigenvalue weighted by Gasteiger charge is -2.12. The summed E-state index contributed by atoms with van der Waals surface area (Å²) in [5, 5.41) is 9.75. The van der Waals surface area contributed by atoms with Crippen LogP contribution in [0.25, 0.3) is 10.8 Å². The molecule has 6 nitrogen and oxygen atoms in total. The smallest absolute Gasteiger partial charge is 0.267 e. The van der Waals surface area contributed by atoms with E-state index in [2.05, 4.69) is 15.6 Å². The Balaban J connectivity index is 1.89. The topological polar surface area (TPSA) is 76.3 Å². The highest BCUT2D eigenvalue weighted by atomic mass is 16.2. The van der Waals surface area contributed by atoms with Gasteiger partial charge in [-0.1, -0.05) is 44.4 Å². The Bertz CT molecular complexity index is 860. The molecule has 26 heavy (non-hydrogen) atoms. The number of aromatic nitrogens is 2. The van der Waals surface area contributed by atoms with Crippen LogP contribution in [0.5, 0.6) is 0 Å². The Labute approximate surface area is 153 Å². The second-order valence-corrected chi connectivity index (χ2v) is 6.81. The van der Waals surface area contributed by atoms with E-state index < -0.39 is 0 Å². The third kappa shape index (κ3) is 4.18. The van der Waals surface area contributed by atoms with Crippen molar-refractivity contribution in [3.63, 3.8) is 0 Å². The van der Waals surface area contributed by atoms with Crippen LogP contribution in [0.1, 0.15) is 68.8 Å². The van der Waals surface area contributed by atoms with Crippen molar-refractivity contribution >= 4 is 22.4 Å². The number of hydrazone groups is 1. The summed E-state index contributed by atoms with van der Waals surface area (Å²) in [5.74, 6) is -0.361. The van der Waals surface area contributed by atoms with E-state index in [1.54, 1.807) is 18.2 Å². The average Bonchev–Trinajstić information content (AvgIpc) is 2.63. The van der Waals surface area contributed by atoms with Gasteiger partial charge in [-0.3, -0.25) is 9.59 Å². The molecule has 1 N–H and O–H groups in total. The van der Waals surface area contributed by atoms with Gasteiger partial charge in [0.2, 0.25) is 0 Å². The van der Waals surface area contributed by atoms with Gasteiger partial charge >= 0.3 is 0 Å². The summed E-state index contributed by atoms with van der Waals surface area (Å²) >= 11 is 0. The number of hydrogen-bond donors (Lipinski definition) is 1. The highest BCUT2D eigenvalue weighted by Crippen LogP contribution is 2.16. The summed E-state index contributed by atoms with van der Waals surface area (Å²) in [4.78, 5) is 25.2. The van der Waals surface area contributed by atoms with E-state index in [1.165, 1.54) is 23.9 Å². The van der Waals surface area contributed by atoms with E-state index in [9.17, 15) is 9.59 Å². The van der Waals surface area contributed by atoms with Crippen molar-refractivity contribution in [2.45, 2.75) is 64.8 Å². The van der Waals surface area contributed by atoms with E-state index in [-0.39, 0.29) is 17.2 Å². The third-order valence-electron chi connectivity index (χ3n) is 4.76. The molecular weight excluding hydrogens is 328 g/mol. The number of nitrogens with zero attached hydrogens (tertiary/aromatic N) is 3. The molecule has 1 aliphatic rings. The van der Waals surface area contributed by atoms with Crippen LogP contribution >= 0.6 is 0 Å². The maximum Gasteiger partial charge on any atom is 0.292 e. The molecule has 6 heteroatoms. The van der Waals surface area contributed by atoms with Crippen molar-refractivity contribution in [2.75, 3.05) is 0 Å². The first kappa shape index (κ1) is 18.3. The van der Waals surface area contributed by atoms with Gasteiger partial charge in [-0.15, -0.1) is 0 Å². The summed E-state index contributed by atoms with van der Waals surface area (Å²) in [7, 11) is 0. The largest absolute Gasteiger partial charge is 0.292 e. The molecule has 1 saturated carbocycles. The highest BCUT2D eigenvalue weighted by molar-refractivity contribution is 6.05. The molecule has 138 valence electrons. The van der Waals surface area contributed by atoms with Gasteiger partial charge in [-0.2, -0.15) is 10.2 Å². The summed E-state index contributed by atoms with van der Waals surface area (Å²) in [6, 6.07) is 7.11. The number of amides is 1. The van der Waals surface area contributed by atoms with Crippen molar-refractivity contribution < 1.29 is 4.79 Å². The van der Waals surface area contributed by atoms with Crippen molar-refractivity contribution in [1.82, 2.24) is 15.2 Å². The van der Waals surface area contributed by atoms with Gasteiger partial charge < -0.3 is 0 Å². The SMILES string of the molecule is CCCn1nc(C(=O)NN=C2CCCCCCC2)c2ccccc2c1=O. The zero-order chi connectivity index (χ0) is 18.4. The van der Waals surface area contributed by atoms with Crippen LogP contribution in [-0.2, 0) is 6.54 Å². The van der Waals surface area contributed by atoms with Gasteiger partial charge in [0.15, 0.2) is 5.69 Å². The molecule has 0 saturated heterocycles. The molecule has 0 spiro atoms. The molecular formula is C20H26N4O2. The van der Waals surface area contributed by atoms with E-state index in [0.29, 0.717) is 17.3 Å². The van der Waals surface area contributed by atoms with Crippen LogP contribution in [0.15, 0.2) is 34.2 Å². The molecule has 0 aliphatic heterocycles. The Morgan fingerprint density at radius 3 is 2.46 bits per heavy atom. The zero-order valence-corrected chi connectivity index (χ0v) is 15.3. The number of aryl methyl sites for hydroxylation is 1. The molecule has 1 fully saturated rings. The van der Waals surface area contributed by atoms with Crippen molar-refractivity contribution in [3.8, 4) is 0 Å². The maximum atomic E-state index is 12.7. The lowest BCUT2D eigenvalue weighted by atomic mass is 9.99. The molecule has 0 unspecified atom stereocenters. The number of rotatable bonds is 4. The van der Waals surface area contributed by atoms with Crippen LogP contribution in [0.2, 0.25) is 0 Å². The number of hydrogen-bond acceptors (Lipinski definition) is 4. The Morgan fingerprint density at radius 1 is 1.12 bits per heavy atom. The van der Waals surface area contributed by atoms with E-state index in [4.69, 9.17) is 0 Å². The Kier molecular flexibility index (Phi) is 6.15. The van der Waals surface area contributed by atoms with Gasteiger partial charge in [0.1, 0.15) is 0 Å². The molecule has 0 atom stereocenters. The number of fused-ring (bicyclic) bond motifs is 1. The molecule has 0 bridgehead atoms. The second kappa shape index (κ2) is 8.74. The summed E-state index contributed by atoms with van der Waals surface area (Å²) < 4.78 is 1.38. The lowest BCUT2D eigenvalue weighted by molar-refractivity contribution is 0.0949. The third-order valence-corrected chi connectivity index (χ3v) is 4.76. The minimum absolute atomic E-state index is 0.162. The van der Waals surface area contributed by atoms with Crippen LogP contribution < -0.4 is 11.0 Å². The van der Waals surface area contributed by atoms with Crippen LogP contribution in [-0.4, -0.2) is 21.4 Å². The van der Waals surface area contributed by atoms with E-state index >= 15 is 0 Å². The summed E-state index contributed by atoms with van der Waals surface area (Å²) in [6.45, 7) is 2.46. The number of carbonyl (C=O) groups is 1. The second-order valence-electron chi connectivity index (χ2n) is 6.81. The molecule has 1 amide bonds. The summed E-state index contributed by atoms with van der Waals surface area (Å²) in [6.07, 6.45) is 8.62. The fourth-order valence-corrected chi connectivity index (χ4v) is 3.37. The Morgan fingerprint density at radius 2 is 1.77 bits per heavy atom. The first-order chi connectivity index (χ1) is 12.7. The van der Waals surface area contributed by atoms with Crippen molar-refractivity contribution in [3.05, 3.63) is 40.3 Å². The van der Waals surface area contributed by atoms with Gasteiger partial charge in [-0.05, 0) is 38.2 Å². The number of carbonyl (C=O) groups excluding carboxylic acids is 1. The monoisotopic (exact) mass is 354 g/mol. The van der Waals surface area contributed by atoms with Crippen LogP contribution in [0, 0.1) is 0 Å². The minimum atomic E-state index is -0.361. The molecule has 1 aromatic carbocycles. The predicted octanol–water partition coefficient (Wildman–Crippen LogP) is 3.64. The van der Waals surface area contributed by atoms with Crippen molar-refractivity contribution in [2.24, 2.45) is 5.10 Å². The minimum Gasteiger partial charge on any atom is -0.267 e. The average molecular weight is 354 g/mol. The van der Waals surface area contributed by atoms with Gasteiger partial charge in [0, 0.05) is 17.6 Å². The predicted molar refractivity (Wildman–Crippen MR) is 104 cm³/mol. The number of benzene rings is 1. The molecule has 1 heterocycles. The van der Waals surface area contributed by atoms with Gasteiger partial charge in [-0.25, -0.2) is 10.1 Å². The fraction of sp³-hybridized carbons (Fsp3) is 0.500. The maximum absolute atomic E-state index is 12.7. The lowest BCUT2D eigenvalue weighted by Crippen LogP contribution is -2.29. The first-order valence-corrected chi connectivity index (χ1v) is 9.56. The molecule has 0 radical (unpaired) electrons. The van der Waals surface area contributed by atoms with E-state index in [0.717, 1.165) is 37.8 Å². The zero-order valence-electron chi connectivity index (χ0n) is 15.3. The number of nitrogens with one attached hydrogen (secondary N) is 1. The van der Waals surface area contributed by atoms with E-state index in [1.807, 2.05) is 13.0 Å². The molecule has 1 aliphatic carbocycles. The highest BCUT2D eigenvalue weighted by Gasteiger charge is 2.16. The van der Waals surface area contributed by atoms with Gasteiger partial charge in [0.05, 0.1) is 5.39 Å². The molecule has 2 aromatic rings. The quantitative estimate of drug-likeness (QED) is 0.852. The first-order valence-electron chi connectivity index (χ1n) is 9.56. The van der Waals surface area contributed by atoms with Crippen LogP contribution in [0.4, 0.5) is 0 Å². The molecule has 3 rings (SSSR count). The van der Waals surface area contributed by atoms with Gasteiger partial charge in [0.25, 0.3) is 11.5 Å². The molecule has 1 aromatic heterocycles. The van der Waals surface area contributed by atoms with Crippen molar-refractivity contribution in [1.29, 1.82) is 0 Å². The standard InChI is InChI=1S/C20H26N4O2/c1-2-14-24-20(26)17-13-9-8-12-16(17)18(23-24)19(25)22-21-15-10-6-4-3-5-7-11-15/h8-9,12-13H,2-7,10-11,14H2,1H3,(H,22,25). The normalized spacial score (nSPS) is 15.3. The summed E-state index contributed by atoms with van der Waals surface area (Å²) in [5.41, 5.74) is 3.81. The van der Waals surface area contributed by atoms with Crippen LogP contribution in [0.3, 0.4) is 0 Å².